The van der Waals surface area contributed by atoms with Gasteiger partial charge in [0.1, 0.15) is 0 Å². The summed E-state index contributed by atoms with van der Waals surface area (Å²) in [4.78, 5) is 0. The summed E-state index contributed by atoms with van der Waals surface area (Å²) >= 11 is 0. The van der Waals surface area contributed by atoms with Crippen molar-refractivity contribution in [3.05, 3.63) is 12.7 Å². The maximum Gasteiger partial charge on any atom is 0.0107 e. The molecule has 0 amide bonds. The lowest BCUT2D eigenvalue weighted by atomic mass is 9.92. The van der Waals surface area contributed by atoms with Crippen LogP contribution in [0.15, 0.2) is 12.7 Å². The van der Waals surface area contributed by atoms with Gasteiger partial charge in [-0.05, 0) is 17.9 Å². The predicted molar refractivity (Wildman–Crippen MR) is 61.9 cm³/mol. The first kappa shape index (κ1) is 12.0. The summed E-state index contributed by atoms with van der Waals surface area (Å²) in [5.74, 6) is 0. The van der Waals surface area contributed by atoms with Crippen LogP contribution in [0.1, 0.15) is 52.4 Å². The Labute approximate surface area is 80.9 Å². The summed E-state index contributed by atoms with van der Waals surface area (Å²) in [6, 6.07) is 0. The van der Waals surface area contributed by atoms with Crippen molar-refractivity contribution in [3.8, 4) is 0 Å². The Morgan fingerprint density at radius 1 is 1.17 bits per heavy atom. The van der Waals surface area contributed by atoms with Gasteiger partial charge >= 0.3 is 0 Å². The van der Waals surface area contributed by atoms with Gasteiger partial charge in [0.25, 0.3) is 0 Å². The van der Waals surface area contributed by atoms with E-state index in [-0.39, 0.29) is 0 Å². The van der Waals surface area contributed by atoms with Gasteiger partial charge in [0.05, 0.1) is 0 Å². The number of hydrogen-bond acceptors (Lipinski definition) is 0. The Morgan fingerprint density at radius 3 is 2.00 bits per heavy atom. The zero-order valence-corrected chi connectivity index (χ0v) is 11.0. The standard InChI is InChI=1S/C11H24Si/c1-4-7-10-11(12,8-5-2)9-6-3/h4H,1,5-10H2,2-3,12H3. The van der Waals surface area contributed by atoms with Gasteiger partial charge in [-0.3, -0.25) is 0 Å². The Morgan fingerprint density at radius 2 is 1.67 bits per heavy atom. The smallest absolute Gasteiger partial charge is 0.0107 e. The molecule has 0 rings (SSSR count). The van der Waals surface area contributed by atoms with E-state index < -0.39 is 0 Å². The predicted octanol–water partition coefficient (Wildman–Crippen LogP) is 3.08. The second kappa shape index (κ2) is 6.47. The van der Waals surface area contributed by atoms with Gasteiger partial charge in [-0.1, -0.05) is 45.6 Å². The fourth-order valence-electron chi connectivity index (χ4n) is 2.03. The largest absolute Gasteiger partial charge is 0.103 e. The lowest BCUT2D eigenvalue weighted by molar-refractivity contribution is 0.438. The quantitative estimate of drug-likeness (QED) is 0.421. The second-order valence-electron chi connectivity index (χ2n) is 4.14. The fourth-order valence-corrected chi connectivity index (χ4v) is 3.32. The van der Waals surface area contributed by atoms with Crippen molar-refractivity contribution in [1.29, 1.82) is 0 Å². The molecule has 0 nitrogen and oxygen atoms in total. The molecule has 0 spiro atoms. The van der Waals surface area contributed by atoms with Gasteiger partial charge in [0.2, 0.25) is 0 Å². The highest BCUT2D eigenvalue weighted by Crippen LogP contribution is 2.38. The molecule has 0 radical (unpaired) electrons. The van der Waals surface area contributed by atoms with Gasteiger partial charge in [-0.2, -0.15) is 0 Å². The van der Waals surface area contributed by atoms with E-state index in [4.69, 9.17) is 0 Å². The molecule has 0 unspecified atom stereocenters. The van der Waals surface area contributed by atoms with Crippen LogP contribution in [0.3, 0.4) is 0 Å². The average molecular weight is 184 g/mol. The molecule has 0 fully saturated rings. The maximum atomic E-state index is 3.80. The Hall–Kier alpha value is -0.0431. The molecule has 0 atom stereocenters. The van der Waals surface area contributed by atoms with Gasteiger partial charge < -0.3 is 0 Å². The molecule has 0 N–H and O–H groups in total. The van der Waals surface area contributed by atoms with Crippen LogP contribution < -0.4 is 0 Å². The minimum absolute atomic E-state index is 0.720. The molecule has 12 heavy (non-hydrogen) atoms. The zero-order valence-electron chi connectivity index (χ0n) is 9.03. The summed E-state index contributed by atoms with van der Waals surface area (Å²) in [5, 5.41) is 0.720. The third-order valence-corrected chi connectivity index (χ3v) is 4.16. The molecule has 0 saturated heterocycles. The topological polar surface area (TPSA) is 0 Å². The van der Waals surface area contributed by atoms with E-state index in [1.165, 1.54) is 48.8 Å². The summed E-state index contributed by atoms with van der Waals surface area (Å²) < 4.78 is 0. The van der Waals surface area contributed by atoms with Crippen molar-refractivity contribution in [3.63, 3.8) is 0 Å². The van der Waals surface area contributed by atoms with E-state index in [0.717, 1.165) is 5.04 Å². The van der Waals surface area contributed by atoms with Gasteiger partial charge in [0.15, 0.2) is 0 Å². The van der Waals surface area contributed by atoms with Crippen molar-refractivity contribution in [2.45, 2.75) is 57.4 Å². The van der Waals surface area contributed by atoms with Crippen molar-refractivity contribution in [2.24, 2.45) is 0 Å². The fraction of sp³-hybridized carbons (Fsp3) is 0.818. The Bertz CT molecular complexity index is 112. The molecular weight excluding hydrogens is 160 g/mol. The zero-order chi connectivity index (χ0) is 9.45. The van der Waals surface area contributed by atoms with E-state index >= 15 is 0 Å². The number of rotatable bonds is 7. The number of allylic oxidation sites excluding steroid dienone is 1. The molecule has 0 aromatic carbocycles. The number of hydrogen-bond donors (Lipinski definition) is 0. The van der Waals surface area contributed by atoms with Crippen LogP contribution >= 0.6 is 0 Å². The van der Waals surface area contributed by atoms with Crippen LogP contribution in [0.25, 0.3) is 0 Å². The molecule has 0 aliphatic heterocycles. The van der Waals surface area contributed by atoms with Crippen LogP contribution in [-0.2, 0) is 0 Å². The van der Waals surface area contributed by atoms with E-state index in [2.05, 4.69) is 26.5 Å². The maximum absolute atomic E-state index is 3.80. The van der Waals surface area contributed by atoms with E-state index in [9.17, 15) is 0 Å². The third kappa shape index (κ3) is 4.76. The van der Waals surface area contributed by atoms with Crippen LogP contribution in [-0.4, -0.2) is 10.2 Å². The van der Waals surface area contributed by atoms with Crippen LogP contribution in [0.4, 0.5) is 0 Å². The monoisotopic (exact) mass is 184 g/mol. The SMILES string of the molecule is C=CCCC([SiH3])(CCC)CCC. The van der Waals surface area contributed by atoms with Crippen molar-refractivity contribution >= 4 is 10.2 Å². The highest BCUT2D eigenvalue weighted by Gasteiger charge is 2.20. The molecule has 0 saturated carbocycles. The van der Waals surface area contributed by atoms with E-state index in [1.54, 1.807) is 0 Å². The highest BCUT2D eigenvalue weighted by molar-refractivity contribution is 6.15. The van der Waals surface area contributed by atoms with Crippen molar-refractivity contribution in [2.75, 3.05) is 0 Å². The lowest BCUT2D eigenvalue weighted by Gasteiger charge is -2.28. The first-order valence-electron chi connectivity index (χ1n) is 5.29. The molecule has 0 bridgehead atoms. The van der Waals surface area contributed by atoms with E-state index in [0.29, 0.717) is 0 Å². The minimum Gasteiger partial charge on any atom is -0.103 e. The van der Waals surface area contributed by atoms with Crippen LogP contribution in [0.2, 0.25) is 5.04 Å². The van der Waals surface area contributed by atoms with E-state index in [1.807, 2.05) is 0 Å². The highest BCUT2D eigenvalue weighted by atomic mass is 28.1. The summed E-state index contributed by atoms with van der Waals surface area (Å²) in [7, 11) is 1.35. The first-order chi connectivity index (χ1) is 5.68. The normalized spacial score (nSPS) is 11.8. The molecule has 0 heterocycles. The lowest BCUT2D eigenvalue weighted by Crippen LogP contribution is -2.12. The van der Waals surface area contributed by atoms with Crippen LogP contribution in [0.5, 0.6) is 0 Å². The van der Waals surface area contributed by atoms with Gasteiger partial charge in [-0.15, -0.1) is 6.58 Å². The third-order valence-electron chi connectivity index (χ3n) is 2.66. The van der Waals surface area contributed by atoms with Crippen molar-refractivity contribution < 1.29 is 0 Å². The average Bonchev–Trinajstić information content (AvgIpc) is 2.02. The Kier molecular flexibility index (Phi) is 6.45. The first-order valence-corrected chi connectivity index (χ1v) is 6.29. The summed E-state index contributed by atoms with van der Waals surface area (Å²) in [6.07, 6.45) is 10.2. The van der Waals surface area contributed by atoms with Crippen molar-refractivity contribution in [1.82, 2.24) is 0 Å². The molecule has 0 aromatic rings. The van der Waals surface area contributed by atoms with Crippen LogP contribution in [0, 0.1) is 0 Å². The molecule has 72 valence electrons. The molecule has 0 aromatic heterocycles. The molecule has 0 aliphatic carbocycles. The molecular formula is C11H24Si. The molecule has 1 heteroatoms. The second-order valence-corrected chi connectivity index (χ2v) is 6.26. The summed E-state index contributed by atoms with van der Waals surface area (Å²) in [5.41, 5.74) is 0. The Balaban J connectivity index is 3.88. The molecule has 0 aliphatic rings. The summed E-state index contributed by atoms with van der Waals surface area (Å²) in [6.45, 7) is 8.40. The van der Waals surface area contributed by atoms with Gasteiger partial charge in [0, 0.05) is 10.2 Å². The minimum atomic E-state index is 0.720. The van der Waals surface area contributed by atoms with Gasteiger partial charge in [-0.25, -0.2) is 0 Å².